The van der Waals surface area contributed by atoms with E-state index in [9.17, 15) is 9.18 Å². The fourth-order valence-corrected chi connectivity index (χ4v) is 2.99. The summed E-state index contributed by atoms with van der Waals surface area (Å²) in [5.74, 6) is 0.690. The number of amides is 1. The predicted molar refractivity (Wildman–Crippen MR) is 75.1 cm³/mol. The van der Waals surface area contributed by atoms with Crippen LogP contribution in [0, 0.1) is 18.7 Å². The predicted octanol–water partition coefficient (Wildman–Crippen LogP) is 3.62. The molecule has 1 aromatic carbocycles. The highest BCUT2D eigenvalue weighted by Gasteiger charge is 2.24. The van der Waals surface area contributed by atoms with Crippen molar-refractivity contribution in [3.8, 4) is 0 Å². The van der Waals surface area contributed by atoms with Crippen LogP contribution in [0.5, 0.6) is 0 Å². The van der Waals surface area contributed by atoms with Crippen LogP contribution in [0.2, 0.25) is 0 Å². The van der Waals surface area contributed by atoms with Crippen LogP contribution in [0.3, 0.4) is 0 Å². The number of carbonyl (C=O) groups is 1. The van der Waals surface area contributed by atoms with E-state index in [-0.39, 0.29) is 11.7 Å². The molecule has 1 aliphatic rings. The summed E-state index contributed by atoms with van der Waals surface area (Å²) >= 11 is 5.77. The molecule has 0 aromatic heterocycles. The molecule has 1 aromatic rings. The highest BCUT2D eigenvalue weighted by atomic mass is 35.5. The molecular formula is C15H19ClFNO. The monoisotopic (exact) mass is 283 g/mol. The maximum Gasteiger partial charge on any atom is 0.253 e. The highest BCUT2D eigenvalue weighted by molar-refractivity contribution is 6.17. The number of halogens is 2. The molecule has 0 aliphatic carbocycles. The number of likely N-dealkylation sites (tertiary alicyclic amines) is 1. The average molecular weight is 284 g/mol. The second-order valence-electron chi connectivity index (χ2n) is 5.25. The summed E-state index contributed by atoms with van der Waals surface area (Å²) in [6.07, 6.45) is 3.06. The summed E-state index contributed by atoms with van der Waals surface area (Å²) in [5.41, 5.74) is 1.22. The van der Waals surface area contributed by atoms with Gasteiger partial charge in [-0.05, 0) is 55.9 Å². The first-order valence-electron chi connectivity index (χ1n) is 6.72. The number of hydrogen-bond acceptors (Lipinski definition) is 1. The summed E-state index contributed by atoms with van der Waals surface area (Å²) in [4.78, 5) is 14.2. The number of benzene rings is 1. The van der Waals surface area contributed by atoms with Gasteiger partial charge in [-0.15, -0.1) is 11.6 Å². The number of piperidine rings is 1. The van der Waals surface area contributed by atoms with E-state index in [0.717, 1.165) is 37.9 Å². The molecule has 2 rings (SSSR count). The molecule has 0 bridgehead atoms. The van der Waals surface area contributed by atoms with Crippen LogP contribution in [0.25, 0.3) is 0 Å². The minimum absolute atomic E-state index is 0.0677. The molecule has 1 atom stereocenters. The van der Waals surface area contributed by atoms with Gasteiger partial charge in [-0.2, -0.15) is 0 Å². The topological polar surface area (TPSA) is 20.3 Å². The Morgan fingerprint density at radius 3 is 2.95 bits per heavy atom. The molecule has 0 spiro atoms. The molecular weight excluding hydrogens is 265 g/mol. The number of alkyl halides is 1. The molecule has 1 heterocycles. The van der Waals surface area contributed by atoms with Gasteiger partial charge < -0.3 is 4.90 Å². The maximum absolute atomic E-state index is 13.4. The van der Waals surface area contributed by atoms with E-state index in [4.69, 9.17) is 11.6 Å². The second kappa shape index (κ2) is 6.38. The summed E-state index contributed by atoms with van der Waals surface area (Å²) in [6, 6.07) is 4.50. The molecule has 0 saturated carbocycles. The van der Waals surface area contributed by atoms with Crippen molar-refractivity contribution in [2.24, 2.45) is 5.92 Å². The normalized spacial score (nSPS) is 19.5. The lowest BCUT2D eigenvalue weighted by Crippen LogP contribution is -2.40. The molecule has 2 nitrogen and oxygen atoms in total. The molecule has 19 heavy (non-hydrogen) atoms. The fraction of sp³-hybridized carbons (Fsp3) is 0.533. The minimum atomic E-state index is -0.349. The van der Waals surface area contributed by atoms with E-state index >= 15 is 0 Å². The zero-order valence-corrected chi connectivity index (χ0v) is 11.9. The Morgan fingerprint density at radius 1 is 1.47 bits per heavy atom. The lowest BCUT2D eigenvalue weighted by atomic mass is 9.95. The van der Waals surface area contributed by atoms with E-state index in [2.05, 4.69) is 0 Å². The maximum atomic E-state index is 13.4. The number of aryl methyl sites for hydroxylation is 1. The minimum Gasteiger partial charge on any atom is -0.338 e. The molecule has 1 fully saturated rings. The third-order valence-electron chi connectivity index (χ3n) is 3.61. The Balaban J connectivity index is 2.10. The highest BCUT2D eigenvalue weighted by Crippen LogP contribution is 2.22. The van der Waals surface area contributed by atoms with Crippen molar-refractivity contribution in [2.75, 3.05) is 19.0 Å². The van der Waals surface area contributed by atoms with Crippen LogP contribution < -0.4 is 0 Å². The Labute approximate surface area is 118 Å². The molecule has 0 N–H and O–H groups in total. The number of nitrogens with zero attached hydrogens (tertiary/aromatic N) is 1. The lowest BCUT2D eigenvalue weighted by molar-refractivity contribution is 0.0671. The van der Waals surface area contributed by atoms with Crippen molar-refractivity contribution in [3.05, 3.63) is 35.1 Å². The fourth-order valence-electron chi connectivity index (χ4n) is 2.68. The van der Waals surface area contributed by atoms with Crippen LogP contribution in [0.4, 0.5) is 4.39 Å². The van der Waals surface area contributed by atoms with Gasteiger partial charge in [0.15, 0.2) is 0 Å². The Bertz CT molecular complexity index is 441. The van der Waals surface area contributed by atoms with Gasteiger partial charge in [-0.25, -0.2) is 4.39 Å². The first-order chi connectivity index (χ1) is 9.10. The van der Waals surface area contributed by atoms with Crippen LogP contribution in [0.1, 0.15) is 35.2 Å². The summed E-state index contributed by atoms with van der Waals surface area (Å²) in [6.45, 7) is 3.29. The van der Waals surface area contributed by atoms with Crippen molar-refractivity contribution >= 4 is 17.5 Å². The Morgan fingerprint density at radius 2 is 2.26 bits per heavy atom. The van der Waals surface area contributed by atoms with Crippen LogP contribution in [-0.2, 0) is 0 Å². The zero-order valence-electron chi connectivity index (χ0n) is 11.2. The number of rotatable bonds is 3. The number of carbonyl (C=O) groups excluding carboxylic acids is 1. The van der Waals surface area contributed by atoms with Gasteiger partial charge in [0.25, 0.3) is 5.91 Å². The van der Waals surface area contributed by atoms with Crippen LogP contribution in [0.15, 0.2) is 18.2 Å². The molecule has 1 saturated heterocycles. The summed E-state index contributed by atoms with van der Waals surface area (Å²) in [7, 11) is 0. The van der Waals surface area contributed by atoms with E-state index in [0.29, 0.717) is 17.4 Å². The van der Waals surface area contributed by atoms with E-state index < -0.39 is 0 Å². The van der Waals surface area contributed by atoms with Gasteiger partial charge in [-0.3, -0.25) is 4.79 Å². The van der Waals surface area contributed by atoms with Crippen molar-refractivity contribution in [3.63, 3.8) is 0 Å². The molecule has 1 amide bonds. The summed E-state index contributed by atoms with van der Waals surface area (Å²) in [5, 5.41) is 0. The Hall–Kier alpha value is -1.09. The third kappa shape index (κ3) is 3.69. The average Bonchev–Trinajstić information content (AvgIpc) is 2.37. The standard InChI is InChI=1S/C15H19ClFNO/c1-11-7-13(9-14(17)8-11)15(19)18-6-2-3-12(10-18)4-5-16/h7-9,12H,2-6,10H2,1H3. The van der Waals surface area contributed by atoms with Crippen LogP contribution >= 0.6 is 11.6 Å². The van der Waals surface area contributed by atoms with Gasteiger partial charge in [0, 0.05) is 24.5 Å². The number of hydrogen-bond donors (Lipinski definition) is 0. The first-order valence-corrected chi connectivity index (χ1v) is 7.26. The van der Waals surface area contributed by atoms with Gasteiger partial charge >= 0.3 is 0 Å². The van der Waals surface area contributed by atoms with Crippen LogP contribution in [-0.4, -0.2) is 29.8 Å². The van der Waals surface area contributed by atoms with Gasteiger partial charge in [0.1, 0.15) is 5.82 Å². The third-order valence-corrected chi connectivity index (χ3v) is 3.83. The van der Waals surface area contributed by atoms with E-state index in [1.54, 1.807) is 13.0 Å². The second-order valence-corrected chi connectivity index (χ2v) is 5.63. The first kappa shape index (κ1) is 14.3. The zero-order chi connectivity index (χ0) is 13.8. The van der Waals surface area contributed by atoms with Crippen molar-refractivity contribution in [1.82, 2.24) is 4.90 Å². The largest absolute Gasteiger partial charge is 0.338 e. The van der Waals surface area contributed by atoms with E-state index in [1.165, 1.54) is 12.1 Å². The molecule has 1 aliphatic heterocycles. The molecule has 104 valence electrons. The van der Waals surface area contributed by atoms with E-state index in [1.807, 2.05) is 4.90 Å². The lowest BCUT2D eigenvalue weighted by Gasteiger charge is -2.32. The van der Waals surface area contributed by atoms with Gasteiger partial charge in [-0.1, -0.05) is 0 Å². The Kier molecular flexibility index (Phi) is 4.81. The molecule has 4 heteroatoms. The van der Waals surface area contributed by atoms with Crippen molar-refractivity contribution in [1.29, 1.82) is 0 Å². The smallest absolute Gasteiger partial charge is 0.253 e. The SMILES string of the molecule is Cc1cc(F)cc(C(=O)N2CCCC(CCCl)C2)c1. The van der Waals surface area contributed by atoms with Gasteiger partial charge in [0.05, 0.1) is 0 Å². The molecule has 1 unspecified atom stereocenters. The molecule has 0 radical (unpaired) electrons. The quantitative estimate of drug-likeness (QED) is 0.776. The van der Waals surface area contributed by atoms with Crippen molar-refractivity contribution < 1.29 is 9.18 Å². The van der Waals surface area contributed by atoms with Gasteiger partial charge in [0.2, 0.25) is 0 Å². The van der Waals surface area contributed by atoms with Crippen molar-refractivity contribution in [2.45, 2.75) is 26.2 Å². The summed E-state index contributed by atoms with van der Waals surface area (Å²) < 4.78 is 13.4.